The maximum atomic E-state index is 14.3. The lowest BCUT2D eigenvalue weighted by molar-refractivity contribution is -0.114. The van der Waals surface area contributed by atoms with Crippen molar-refractivity contribution in [2.45, 2.75) is 25.8 Å². The molecule has 0 spiro atoms. The number of carbonyl (C=O) groups is 1. The molecule has 1 aliphatic heterocycles. The van der Waals surface area contributed by atoms with E-state index in [4.69, 9.17) is 0 Å². The minimum atomic E-state index is -2.87. The molecule has 0 radical (unpaired) electrons. The van der Waals surface area contributed by atoms with E-state index in [0.717, 1.165) is 17.3 Å². The van der Waals surface area contributed by atoms with Gasteiger partial charge in [-0.1, -0.05) is 0 Å². The van der Waals surface area contributed by atoms with Crippen LogP contribution in [0.25, 0.3) is 0 Å². The third kappa shape index (κ3) is 4.51. The third-order valence-corrected chi connectivity index (χ3v) is 4.73. The van der Waals surface area contributed by atoms with Crippen LogP contribution in [0.3, 0.4) is 0 Å². The molecule has 1 aliphatic rings. The highest BCUT2D eigenvalue weighted by Gasteiger charge is 2.48. The largest absolute Gasteiger partial charge is 0.302 e. The van der Waals surface area contributed by atoms with Crippen molar-refractivity contribution in [1.29, 1.82) is 0 Å². The summed E-state index contributed by atoms with van der Waals surface area (Å²) in [6, 6.07) is 0. The van der Waals surface area contributed by atoms with Crippen molar-refractivity contribution in [2.75, 3.05) is 18.4 Å². The van der Waals surface area contributed by atoms with Crippen LogP contribution in [-0.4, -0.2) is 44.8 Å². The summed E-state index contributed by atoms with van der Waals surface area (Å²) in [4.78, 5) is 25.0. The molecule has 0 bridgehead atoms. The lowest BCUT2D eigenvalue weighted by Gasteiger charge is -2.16. The van der Waals surface area contributed by atoms with Gasteiger partial charge in [0.1, 0.15) is 5.82 Å². The van der Waals surface area contributed by atoms with E-state index >= 15 is 0 Å². The zero-order chi connectivity index (χ0) is 18.0. The Balaban J connectivity index is 1.62. The van der Waals surface area contributed by atoms with Crippen LogP contribution in [0.4, 0.5) is 18.3 Å². The number of alkyl halides is 2. The summed E-state index contributed by atoms with van der Waals surface area (Å²) in [5.74, 6) is -4.42. The van der Waals surface area contributed by atoms with Crippen molar-refractivity contribution in [3.63, 3.8) is 0 Å². The van der Waals surface area contributed by atoms with E-state index in [1.54, 1.807) is 11.1 Å². The fourth-order valence-electron chi connectivity index (χ4n) is 2.75. The molecule has 0 saturated carbocycles. The molecule has 1 saturated heterocycles. The summed E-state index contributed by atoms with van der Waals surface area (Å²) < 4.78 is 41.4. The van der Waals surface area contributed by atoms with Crippen molar-refractivity contribution in [3.05, 3.63) is 35.1 Å². The molecule has 2 aromatic heterocycles. The SMILES string of the molecule is CC(=O)Nc1ncc(CN2C[C@H](Cc3ncc(F)cn3)C(F)(F)C2)s1. The Kier molecular flexibility index (Phi) is 5.00. The summed E-state index contributed by atoms with van der Waals surface area (Å²) in [7, 11) is 0. The first-order valence-corrected chi connectivity index (χ1v) is 8.42. The number of likely N-dealkylation sites (tertiary alicyclic amines) is 1. The first-order valence-electron chi connectivity index (χ1n) is 7.61. The summed E-state index contributed by atoms with van der Waals surface area (Å²) >= 11 is 1.26. The molecule has 1 N–H and O–H groups in total. The van der Waals surface area contributed by atoms with E-state index in [2.05, 4.69) is 20.3 Å². The van der Waals surface area contributed by atoms with E-state index in [1.807, 2.05) is 0 Å². The van der Waals surface area contributed by atoms with Crippen molar-refractivity contribution >= 4 is 22.4 Å². The predicted octanol–water partition coefficient (Wildman–Crippen LogP) is 2.34. The number of aromatic nitrogens is 3. The number of hydrogen-bond donors (Lipinski definition) is 1. The normalized spacial score (nSPS) is 19.9. The van der Waals surface area contributed by atoms with E-state index in [1.165, 1.54) is 18.3 Å². The molecule has 1 atom stereocenters. The summed E-state index contributed by atoms with van der Waals surface area (Å²) in [5.41, 5.74) is 0. The zero-order valence-corrected chi connectivity index (χ0v) is 14.2. The van der Waals surface area contributed by atoms with Gasteiger partial charge in [0.05, 0.1) is 18.9 Å². The number of thiazole rings is 1. The maximum Gasteiger partial charge on any atom is 0.264 e. The second kappa shape index (κ2) is 7.04. The van der Waals surface area contributed by atoms with Gasteiger partial charge < -0.3 is 5.32 Å². The number of anilines is 1. The summed E-state index contributed by atoms with van der Waals surface area (Å²) in [6.07, 6.45) is 3.52. The molecule has 3 heterocycles. The Morgan fingerprint density at radius 2 is 2.08 bits per heavy atom. The topological polar surface area (TPSA) is 71.0 Å². The molecule has 10 heteroatoms. The zero-order valence-electron chi connectivity index (χ0n) is 13.4. The van der Waals surface area contributed by atoms with Crippen molar-refractivity contribution in [1.82, 2.24) is 19.9 Å². The lowest BCUT2D eigenvalue weighted by atomic mass is 10.0. The van der Waals surface area contributed by atoms with Gasteiger partial charge >= 0.3 is 0 Å². The highest BCUT2D eigenvalue weighted by atomic mass is 32.1. The highest BCUT2D eigenvalue weighted by molar-refractivity contribution is 7.15. The number of hydrogen-bond acceptors (Lipinski definition) is 6. The Bertz CT molecular complexity index is 752. The summed E-state index contributed by atoms with van der Waals surface area (Å²) in [6.45, 7) is 1.52. The molecule has 0 aliphatic carbocycles. The molecule has 6 nitrogen and oxygen atoms in total. The van der Waals surface area contributed by atoms with E-state index < -0.39 is 17.7 Å². The van der Waals surface area contributed by atoms with Crippen molar-refractivity contribution in [2.24, 2.45) is 5.92 Å². The van der Waals surface area contributed by atoms with Gasteiger partial charge in [-0.2, -0.15) is 0 Å². The maximum absolute atomic E-state index is 14.3. The second-order valence-electron chi connectivity index (χ2n) is 5.96. The summed E-state index contributed by atoms with van der Waals surface area (Å²) in [5, 5.41) is 3.02. The number of nitrogens with zero attached hydrogens (tertiary/aromatic N) is 4. The van der Waals surface area contributed by atoms with Crippen LogP contribution in [0.2, 0.25) is 0 Å². The van der Waals surface area contributed by atoms with Gasteiger partial charge in [-0.05, 0) is 0 Å². The standard InChI is InChI=1S/C15H16F3N5OS/c1-9(24)22-14-21-5-12(25-14)7-23-6-10(15(17,18)8-23)2-13-19-3-11(16)4-20-13/h3-5,10H,2,6-8H2,1H3,(H,21,22,24)/t10-/m0/s1. The van der Waals surface area contributed by atoms with Crippen LogP contribution in [0.1, 0.15) is 17.6 Å². The number of rotatable bonds is 5. The Morgan fingerprint density at radius 3 is 2.76 bits per heavy atom. The van der Waals surface area contributed by atoms with Crippen molar-refractivity contribution < 1.29 is 18.0 Å². The van der Waals surface area contributed by atoms with Gasteiger partial charge in [0.15, 0.2) is 10.9 Å². The predicted molar refractivity (Wildman–Crippen MR) is 85.8 cm³/mol. The van der Waals surface area contributed by atoms with Gasteiger partial charge in [0.25, 0.3) is 5.92 Å². The lowest BCUT2D eigenvalue weighted by Crippen LogP contribution is -2.29. The molecule has 25 heavy (non-hydrogen) atoms. The monoisotopic (exact) mass is 371 g/mol. The highest BCUT2D eigenvalue weighted by Crippen LogP contribution is 2.36. The number of nitrogens with one attached hydrogen (secondary N) is 1. The van der Waals surface area contributed by atoms with Crippen LogP contribution in [-0.2, 0) is 17.8 Å². The Hall–Kier alpha value is -2.07. The van der Waals surface area contributed by atoms with E-state index in [0.29, 0.717) is 11.7 Å². The van der Waals surface area contributed by atoms with Crippen LogP contribution in [0.15, 0.2) is 18.6 Å². The number of carbonyl (C=O) groups excluding carboxylic acids is 1. The minimum absolute atomic E-state index is 0.0103. The van der Waals surface area contributed by atoms with Crippen molar-refractivity contribution in [3.8, 4) is 0 Å². The molecule has 3 rings (SSSR count). The fourth-order valence-corrected chi connectivity index (χ4v) is 3.65. The molecule has 1 fully saturated rings. The van der Waals surface area contributed by atoms with Crippen LogP contribution in [0, 0.1) is 11.7 Å². The molecule has 0 unspecified atom stereocenters. The molecular weight excluding hydrogens is 355 g/mol. The molecule has 1 amide bonds. The van der Waals surface area contributed by atoms with E-state index in [9.17, 15) is 18.0 Å². The Morgan fingerprint density at radius 1 is 1.36 bits per heavy atom. The molecule has 0 aromatic carbocycles. The molecule has 2 aromatic rings. The fraction of sp³-hybridized carbons (Fsp3) is 0.467. The van der Waals surface area contributed by atoms with Gasteiger partial charge in [-0.3, -0.25) is 9.69 Å². The van der Waals surface area contributed by atoms with Crippen LogP contribution < -0.4 is 5.32 Å². The molecular formula is C15H16F3N5OS. The first-order chi connectivity index (χ1) is 11.8. The third-order valence-electron chi connectivity index (χ3n) is 3.83. The first kappa shape index (κ1) is 17.7. The Labute approximate surface area is 146 Å². The average Bonchev–Trinajstić information content (AvgIpc) is 3.05. The van der Waals surface area contributed by atoms with Gasteiger partial charge in [-0.25, -0.2) is 28.1 Å². The smallest absolute Gasteiger partial charge is 0.264 e. The van der Waals surface area contributed by atoms with Gasteiger partial charge in [0.2, 0.25) is 5.91 Å². The second-order valence-corrected chi connectivity index (χ2v) is 7.08. The number of halogens is 3. The van der Waals surface area contributed by atoms with Gasteiger partial charge in [-0.15, -0.1) is 11.3 Å². The van der Waals surface area contributed by atoms with Crippen LogP contribution in [0.5, 0.6) is 0 Å². The average molecular weight is 371 g/mol. The quantitative estimate of drug-likeness (QED) is 0.874. The van der Waals surface area contributed by atoms with E-state index in [-0.39, 0.29) is 31.2 Å². The molecule has 134 valence electrons. The van der Waals surface area contributed by atoms with Crippen LogP contribution >= 0.6 is 11.3 Å². The minimum Gasteiger partial charge on any atom is -0.302 e. The van der Waals surface area contributed by atoms with Gasteiger partial charge in [0, 0.05) is 43.4 Å². The number of amides is 1.